The van der Waals surface area contributed by atoms with Crippen LogP contribution >= 0.6 is 0 Å². The molecule has 1 aromatic heterocycles. The van der Waals surface area contributed by atoms with Crippen LogP contribution in [0.25, 0.3) is 0 Å². The van der Waals surface area contributed by atoms with E-state index in [9.17, 15) is 17.6 Å². The summed E-state index contributed by atoms with van der Waals surface area (Å²) in [4.78, 5) is 22.4. The third-order valence-corrected chi connectivity index (χ3v) is 6.88. The molecule has 0 N–H and O–H groups in total. The Bertz CT molecular complexity index is 1130. The molecular weight excluding hydrogens is 453 g/mol. The second-order valence-electron chi connectivity index (χ2n) is 8.22. The third kappa shape index (κ3) is 5.41. The van der Waals surface area contributed by atoms with Gasteiger partial charge in [0.15, 0.2) is 21.4 Å². The highest BCUT2D eigenvalue weighted by molar-refractivity contribution is 7.90. The maximum absolute atomic E-state index is 14.4. The van der Waals surface area contributed by atoms with Gasteiger partial charge in [0.1, 0.15) is 18.5 Å². The van der Waals surface area contributed by atoms with Crippen LogP contribution in [0.5, 0.6) is 17.5 Å². The fourth-order valence-electron chi connectivity index (χ4n) is 3.87. The molecule has 9 nitrogen and oxygen atoms in total. The Labute approximate surface area is 191 Å². The molecule has 4 rings (SSSR count). The molecule has 0 saturated carbocycles. The average molecular weight is 480 g/mol. The first-order valence-corrected chi connectivity index (χ1v) is 12.7. The predicted octanol–water partition coefficient (Wildman–Crippen LogP) is 2.67. The summed E-state index contributed by atoms with van der Waals surface area (Å²) in [6.45, 7) is 3.49. The molecule has 1 amide bonds. The lowest BCUT2D eigenvalue weighted by Gasteiger charge is -2.33. The van der Waals surface area contributed by atoms with Crippen molar-refractivity contribution in [1.29, 1.82) is 0 Å². The number of nitrogens with zero attached hydrogens (tertiary/aromatic N) is 3. The second-order valence-corrected chi connectivity index (χ2v) is 10.2. The van der Waals surface area contributed by atoms with Gasteiger partial charge in [-0.1, -0.05) is 0 Å². The van der Waals surface area contributed by atoms with Crippen molar-refractivity contribution in [2.75, 3.05) is 26.0 Å². The van der Waals surface area contributed by atoms with Crippen LogP contribution < -0.4 is 9.47 Å². The summed E-state index contributed by atoms with van der Waals surface area (Å²) < 4.78 is 54.7. The number of carbonyl (C=O) groups is 1. The number of halogens is 1. The Kier molecular flexibility index (Phi) is 6.80. The molecule has 2 fully saturated rings. The molecule has 178 valence electrons. The monoisotopic (exact) mass is 479 g/mol. The van der Waals surface area contributed by atoms with Crippen molar-refractivity contribution in [3.63, 3.8) is 0 Å². The number of amides is 1. The first-order valence-electron chi connectivity index (χ1n) is 10.8. The van der Waals surface area contributed by atoms with Gasteiger partial charge in [0.25, 0.3) is 5.91 Å². The van der Waals surface area contributed by atoms with Crippen molar-refractivity contribution in [3.8, 4) is 17.5 Å². The van der Waals surface area contributed by atoms with E-state index in [1.54, 1.807) is 6.92 Å². The topological polar surface area (TPSA) is 108 Å². The van der Waals surface area contributed by atoms with Gasteiger partial charge in [0, 0.05) is 38.8 Å². The molecule has 0 bridgehead atoms. The minimum Gasteiger partial charge on any atom is -0.474 e. The standard InChI is InChI=1S/C22H26FN3O6S/c1-14-20(31-15-7-9-26(10-8-15)22(27)19-4-3-11-30-19)24-13-25-21(14)32-18-6-5-16(12-17(18)23)33(2,28)29/h5-6,12-13,15,19H,3-4,7-11H2,1-2H3. The Morgan fingerprint density at radius 3 is 2.55 bits per heavy atom. The van der Waals surface area contributed by atoms with E-state index < -0.39 is 15.7 Å². The second kappa shape index (κ2) is 9.60. The molecule has 0 spiro atoms. The first-order chi connectivity index (χ1) is 15.7. The Morgan fingerprint density at radius 2 is 1.91 bits per heavy atom. The number of benzene rings is 1. The van der Waals surface area contributed by atoms with E-state index in [-0.39, 0.29) is 34.6 Å². The molecule has 0 radical (unpaired) electrons. The SMILES string of the molecule is Cc1c(Oc2ccc(S(C)(=O)=O)cc2F)ncnc1OC1CCN(C(=O)C2CCCO2)CC1. The molecule has 2 aliphatic rings. The van der Waals surface area contributed by atoms with Crippen molar-refractivity contribution < 1.29 is 31.8 Å². The summed E-state index contributed by atoms with van der Waals surface area (Å²) in [6.07, 6.45) is 4.80. The fourth-order valence-corrected chi connectivity index (χ4v) is 4.50. The summed E-state index contributed by atoms with van der Waals surface area (Å²) in [5, 5.41) is 0. The minimum absolute atomic E-state index is 0.0452. The molecule has 0 aliphatic carbocycles. The molecule has 33 heavy (non-hydrogen) atoms. The summed E-state index contributed by atoms with van der Waals surface area (Å²) in [6, 6.07) is 3.42. The summed E-state index contributed by atoms with van der Waals surface area (Å²) in [7, 11) is -3.53. The number of carbonyl (C=O) groups excluding carboxylic acids is 1. The highest BCUT2D eigenvalue weighted by Gasteiger charge is 2.31. The van der Waals surface area contributed by atoms with E-state index >= 15 is 0 Å². The van der Waals surface area contributed by atoms with Crippen LogP contribution in [0.2, 0.25) is 0 Å². The van der Waals surface area contributed by atoms with Crippen molar-refractivity contribution in [3.05, 3.63) is 35.9 Å². The summed E-state index contributed by atoms with van der Waals surface area (Å²) in [5.41, 5.74) is 0.488. The van der Waals surface area contributed by atoms with Gasteiger partial charge in [-0.2, -0.15) is 0 Å². The van der Waals surface area contributed by atoms with Gasteiger partial charge >= 0.3 is 0 Å². The van der Waals surface area contributed by atoms with Gasteiger partial charge in [-0.15, -0.1) is 0 Å². The number of sulfone groups is 1. The van der Waals surface area contributed by atoms with Crippen molar-refractivity contribution >= 4 is 15.7 Å². The normalized spacial score (nSPS) is 19.5. The molecule has 1 unspecified atom stereocenters. The molecule has 1 aromatic carbocycles. The quantitative estimate of drug-likeness (QED) is 0.622. The molecule has 2 aliphatic heterocycles. The molecule has 3 heterocycles. The predicted molar refractivity (Wildman–Crippen MR) is 116 cm³/mol. The number of rotatable bonds is 6. The maximum Gasteiger partial charge on any atom is 0.251 e. The van der Waals surface area contributed by atoms with Gasteiger partial charge in [0.05, 0.1) is 10.5 Å². The van der Waals surface area contributed by atoms with Crippen LogP contribution in [-0.2, 0) is 19.4 Å². The van der Waals surface area contributed by atoms with Crippen LogP contribution in [0.15, 0.2) is 29.4 Å². The third-order valence-electron chi connectivity index (χ3n) is 5.77. The van der Waals surface area contributed by atoms with Gasteiger partial charge in [-0.05, 0) is 38.0 Å². The maximum atomic E-state index is 14.4. The largest absolute Gasteiger partial charge is 0.474 e. The summed E-state index contributed by atoms with van der Waals surface area (Å²) in [5.74, 6) is -0.504. The van der Waals surface area contributed by atoms with Crippen LogP contribution in [0.3, 0.4) is 0 Å². The lowest BCUT2D eigenvalue weighted by molar-refractivity contribution is -0.142. The molecule has 2 saturated heterocycles. The molecule has 2 aromatic rings. The highest BCUT2D eigenvalue weighted by atomic mass is 32.2. The van der Waals surface area contributed by atoms with Crippen LogP contribution in [0.1, 0.15) is 31.2 Å². The minimum atomic E-state index is -3.53. The highest BCUT2D eigenvalue weighted by Crippen LogP contribution is 2.31. The van der Waals surface area contributed by atoms with E-state index in [0.29, 0.717) is 44.0 Å². The van der Waals surface area contributed by atoms with Crippen LogP contribution in [0.4, 0.5) is 4.39 Å². The number of hydrogen-bond donors (Lipinski definition) is 0. The van der Waals surface area contributed by atoms with Crippen LogP contribution in [-0.4, -0.2) is 67.4 Å². The zero-order valence-electron chi connectivity index (χ0n) is 18.5. The van der Waals surface area contributed by atoms with E-state index in [4.69, 9.17) is 14.2 Å². The number of piperidine rings is 1. The number of hydrogen-bond acceptors (Lipinski definition) is 8. The average Bonchev–Trinajstić information content (AvgIpc) is 3.32. The Hall–Kier alpha value is -2.79. The molecular formula is C22H26FN3O6S. The Balaban J connectivity index is 1.39. The fraction of sp³-hybridized carbons (Fsp3) is 0.500. The van der Waals surface area contributed by atoms with E-state index in [2.05, 4.69) is 9.97 Å². The smallest absolute Gasteiger partial charge is 0.251 e. The van der Waals surface area contributed by atoms with Crippen molar-refractivity contribution in [2.24, 2.45) is 0 Å². The zero-order chi connectivity index (χ0) is 23.6. The Morgan fingerprint density at radius 1 is 1.18 bits per heavy atom. The lowest BCUT2D eigenvalue weighted by Crippen LogP contribution is -2.46. The zero-order valence-corrected chi connectivity index (χ0v) is 19.3. The number of likely N-dealkylation sites (tertiary alicyclic amines) is 1. The van der Waals surface area contributed by atoms with E-state index in [0.717, 1.165) is 25.2 Å². The number of aromatic nitrogens is 2. The van der Waals surface area contributed by atoms with Gasteiger partial charge < -0.3 is 19.1 Å². The van der Waals surface area contributed by atoms with Crippen molar-refractivity contribution in [1.82, 2.24) is 14.9 Å². The molecule has 1 atom stereocenters. The van der Waals surface area contributed by atoms with E-state index in [1.807, 2.05) is 4.90 Å². The van der Waals surface area contributed by atoms with Gasteiger partial charge in [-0.25, -0.2) is 22.8 Å². The lowest BCUT2D eigenvalue weighted by atomic mass is 10.1. The number of ether oxygens (including phenoxy) is 3. The first kappa shape index (κ1) is 23.4. The van der Waals surface area contributed by atoms with E-state index in [1.165, 1.54) is 18.5 Å². The van der Waals surface area contributed by atoms with Crippen LogP contribution in [0, 0.1) is 12.7 Å². The molecule has 11 heteroatoms. The van der Waals surface area contributed by atoms with Gasteiger partial charge in [0.2, 0.25) is 11.8 Å². The summed E-state index contributed by atoms with van der Waals surface area (Å²) >= 11 is 0. The van der Waals surface area contributed by atoms with Crippen molar-refractivity contribution in [2.45, 2.75) is 49.7 Å². The van der Waals surface area contributed by atoms with Gasteiger partial charge in [-0.3, -0.25) is 4.79 Å².